The molecule has 0 aliphatic heterocycles. The number of nitrogens with zero attached hydrogens (tertiary/aromatic N) is 2. The Hall–Kier alpha value is -2.35. The lowest BCUT2D eigenvalue weighted by molar-refractivity contribution is 0.252. The van der Waals surface area contributed by atoms with E-state index in [0.717, 1.165) is 24.8 Å². The van der Waals surface area contributed by atoms with E-state index in [9.17, 15) is 13.2 Å². The highest BCUT2D eigenvalue weighted by molar-refractivity contribution is 7.90. The van der Waals surface area contributed by atoms with Crippen LogP contribution in [0.4, 0.5) is 10.5 Å². The van der Waals surface area contributed by atoms with E-state index >= 15 is 0 Å². The third kappa shape index (κ3) is 5.10. The Balaban J connectivity index is 1.87. The number of carbonyl (C=O) groups excluding carboxylic acids is 1. The van der Waals surface area contributed by atoms with Crippen LogP contribution in [0.1, 0.15) is 12.0 Å². The van der Waals surface area contributed by atoms with Gasteiger partial charge in [-0.15, -0.1) is 0 Å². The lowest BCUT2D eigenvalue weighted by Gasteiger charge is -2.11. The molecule has 0 unspecified atom stereocenters. The molecule has 0 fully saturated rings. The topological polar surface area (TPSA) is 93.1 Å². The number of sulfone groups is 1. The molecule has 7 nitrogen and oxygen atoms in total. The Bertz CT molecular complexity index is 770. The van der Waals surface area contributed by atoms with Crippen LogP contribution in [0.25, 0.3) is 0 Å². The van der Waals surface area contributed by atoms with Gasteiger partial charge in [0.05, 0.1) is 11.2 Å². The average molecular weight is 336 g/mol. The molecule has 1 aromatic heterocycles. The van der Waals surface area contributed by atoms with E-state index in [0.29, 0.717) is 12.2 Å². The van der Waals surface area contributed by atoms with Gasteiger partial charge in [-0.3, -0.25) is 0 Å². The number of rotatable bonds is 6. The number of hydrogen-bond donors (Lipinski definition) is 2. The zero-order valence-electron chi connectivity index (χ0n) is 13.1. The fourth-order valence-corrected chi connectivity index (χ4v) is 2.66. The zero-order valence-corrected chi connectivity index (χ0v) is 13.9. The molecule has 1 aromatic carbocycles. The summed E-state index contributed by atoms with van der Waals surface area (Å²) in [5, 5.41) is 5.43. The van der Waals surface area contributed by atoms with E-state index in [1.807, 2.05) is 10.8 Å². The van der Waals surface area contributed by atoms with Gasteiger partial charge in [-0.25, -0.2) is 18.2 Å². The lowest BCUT2D eigenvalue weighted by Crippen LogP contribution is -2.30. The summed E-state index contributed by atoms with van der Waals surface area (Å²) in [7, 11) is -3.30. The number of aryl methyl sites for hydroxylation is 2. The molecule has 2 amide bonds. The highest BCUT2D eigenvalue weighted by Crippen LogP contribution is 2.20. The fraction of sp³-hybridized carbons (Fsp3) is 0.333. The smallest absolute Gasteiger partial charge is 0.319 e. The maximum atomic E-state index is 11.9. The number of hydrogen-bond acceptors (Lipinski definition) is 4. The second kappa shape index (κ2) is 7.28. The standard InChI is InChI=1S/C15H20N4O3S/c1-12-4-5-13(23(2,21)22)10-14(12)18-15(20)17-6-3-8-19-9-7-16-11-19/h4-5,7,9-11H,3,6,8H2,1-2H3,(H2,17,18,20). The molecule has 2 aromatic rings. The third-order valence-electron chi connectivity index (χ3n) is 3.32. The summed E-state index contributed by atoms with van der Waals surface area (Å²) in [5.74, 6) is 0. The molecule has 0 saturated heterocycles. The molecule has 2 rings (SSSR count). The van der Waals surface area contributed by atoms with Gasteiger partial charge in [0.25, 0.3) is 0 Å². The summed E-state index contributed by atoms with van der Waals surface area (Å²) >= 11 is 0. The average Bonchev–Trinajstić information content (AvgIpc) is 2.98. The predicted octanol–water partition coefficient (Wildman–Crippen LogP) is 1.81. The van der Waals surface area contributed by atoms with Crippen molar-refractivity contribution in [2.75, 3.05) is 18.1 Å². The Morgan fingerprint density at radius 3 is 2.78 bits per heavy atom. The maximum Gasteiger partial charge on any atom is 0.319 e. The monoisotopic (exact) mass is 336 g/mol. The molecule has 124 valence electrons. The van der Waals surface area contributed by atoms with E-state index in [1.54, 1.807) is 25.5 Å². The molecule has 0 atom stereocenters. The fourth-order valence-electron chi connectivity index (χ4n) is 2.02. The van der Waals surface area contributed by atoms with Crippen LogP contribution in [-0.2, 0) is 16.4 Å². The van der Waals surface area contributed by atoms with E-state index < -0.39 is 9.84 Å². The minimum atomic E-state index is -3.30. The van der Waals surface area contributed by atoms with E-state index in [-0.39, 0.29) is 10.9 Å². The second-order valence-electron chi connectivity index (χ2n) is 5.28. The van der Waals surface area contributed by atoms with Crippen molar-refractivity contribution in [3.8, 4) is 0 Å². The van der Waals surface area contributed by atoms with Gasteiger partial charge >= 0.3 is 6.03 Å². The van der Waals surface area contributed by atoms with E-state index in [4.69, 9.17) is 0 Å². The summed E-state index contributed by atoms with van der Waals surface area (Å²) in [4.78, 5) is 16.0. The van der Waals surface area contributed by atoms with Crippen molar-refractivity contribution in [3.05, 3.63) is 42.5 Å². The molecular formula is C15H20N4O3S. The number of benzene rings is 1. The zero-order chi connectivity index (χ0) is 16.9. The van der Waals surface area contributed by atoms with Crippen LogP contribution in [-0.4, -0.2) is 36.8 Å². The first kappa shape index (κ1) is 17.0. The van der Waals surface area contributed by atoms with Crippen molar-refractivity contribution < 1.29 is 13.2 Å². The van der Waals surface area contributed by atoms with Gasteiger partial charge in [-0.2, -0.15) is 0 Å². The van der Waals surface area contributed by atoms with Crippen LogP contribution in [0.2, 0.25) is 0 Å². The van der Waals surface area contributed by atoms with Gasteiger partial charge in [0.15, 0.2) is 9.84 Å². The summed E-state index contributed by atoms with van der Waals surface area (Å²) < 4.78 is 25.1. The Kier molecular flexibility index (Phi) is 5.38. The van der Waals surface area contributed by atoms with Crippen LogP contribution in [0, 0.1) is 6.92 Å². The van der Waals surface area contributed by atoms with Gasteiger partial charge in [0.2, 0.25) is 0 Å². The summed E-state index contributed by atoms with van der Waals surface area (Å²) in [6, 6.07) is 4.31. The quantitative estimate of drug-likeness (QED) is 0.787. The second-order valence-corrected chi connectivity index (χ2v) is 7.30. The minimum absolute atomic E-state index is 0.179. The number of aromatic nitrogens is 2. The summed E-state index contributed by atoms with van der Waals surface area (Å²) in [5.41, 5.74) is 1.28. The van der Waals surface area contributed by atoms with Crippen molar-refractivity contribution in [1.82, 2.24) is 14.9 Å². The number of anilines is 1. The van der Waals surface area contributed by atoms with Crippen molar-refractivity contribution >= 4 is 21.6 Å². The molecule has 0 aliphatic carbocycles. The number of imidazole rings is 1. The lowest BCUT2D eigenvalue weighted by atomic mass is 10.2. The Labute approximate surface area is 135 Å². The van der Waals surface area contributed by atoms with Crippen LogP contribution < -0.4 is 10.6 Å². The molecule has 23 heavy (non-hydrogen) atoms. The number of urea groups is 1. The Morgan fingerprint density at radius 1 is 1.35 bits per heavy atom. The Morgan fingerprint density at radius 2 is 2.13 bits per heavy atom. The van der Waals surface area contributed by atoms with Gasteiger partial charge in [-0.1, -0.05) is 6.07 Å². The molecular weight excluding hydrogens is 316 g/mol. The van der Waals surface area contributed by atoms with Crippen molar-refractivity contribution in [2.45, 2.75) is 24.8 Å². The first-order chi connectivity index (χ1) is 10.9. The van der Waals surface area contributed by atoms with Gasteiger partial charge < -0.3 is 15.2 Å². The van der Waals surface area contributed by atoms with Crippen LogP contribution in [0.3, 0.4) is 0 Å². The molecule has 0 bridgehead atoms. The molecule has 1 heterocycles. The molecule has 0 spiro atoms. The van der Waals surface area contributed by atoms with Crippen LogP contribution in [0.15, 0.2) is 41.8 Å². The molecule has 0 saturated carbocycles. The summed E-state index contributed by atoms with van der Waals surface area (Å²) in [6.07, 6.45) is 7.20. The SMILES string of the molecule is Cc1ccc(S(C)(=O)=O)cc1NC(=O)NCCCn1ccnc1. The molecule has 8 heteroatoms. The highest BCUT2D eigenvalue weighted by Gasteiger charge is 2.11. The van der Waals surface area contributed by atoms with E-state index in [1.165, 1.54) is 12.1 Å². The third-order valence-corrected chi connectivity index (χ3v) is 4.43. The van der Waals surface area contributed by atoms with E-state index in [2.05, 4.69) is 15.6 Å². The van der Waals surface area contributed by atoms with Crippen molar-refractivity contribution in [1.29, 1.82) is 0 Å². The maximum absolute atomic E-state index is 11.9. The van der Waals surface area contributed by atoms with Crippen LogP contribution in [0.5, 0.6) is 0 Å². The van der Waals surface area contributed by atoms with Gasteiger partial charge in [-0.05, 0) is 31.0 Å². The predicted molar refractivity (Wildman–Crippen MR) is 88.2 cm³/mol. The molecule has 0 radical (unpaired) electrons. The number of carbonyl (C=O) groups is 1. The van der Waals surface area contributed by atoms with Crippen LogP contribution >= 0.6 is 0 Å². The first-order valence-electron chi connectivity index (χ1n) is 7.17. The highest BCUT2D eigenvalue weighted by atomic mass is 32.2. The molecule has 0 aliphatic rings. The first-order valence-corrected chi connectivity index (χ1v) is 9.07. The number of nitrogens with one attached hydrogen (secondary N) is 2. The normalized spacial score (nSPS) is 11.2. The largest absolute Gasteiger partial charge is 0.338 e. The van der Waals surface area contributed by atoms with Crippen molar-refractivity contribution in [3.63, 3.8) is 0 Å². The minimum Gasteiger partial charge on any atom is -0.338 e. The number of amides is 2. The van der Waals surface area contributed by atoms with Gasteiger partial charge in [0, 0.05) is 37.4 Å². The van der Waals surface area contributed by atoms with Gasteiger partial charge in [0.1, 0.15) is 0 Å². The summed E-state index contributed by atoms with van der Waals surface area (Å²) in [6.45, 7) is 3.08. The molecule has 2 N–H and O–H groups in total. The van der Waals surface area contributed by atoms with Crippen molar-refractivity contribution in [2.24, 2.45) is 0 Å².